The molecular formula is C16H18FNO4. The number of ether oxygens (including phenoxy) is 2. The molecule has 0 spiro atoms. The molecule has 5 nitrogen and oxygen atoms in total. The normalized spacial score (nSPS) is 12.8. The molecule has 2 atom stereocenters. The quantitative estimate of drug-likeness (QED) is 0.724. The molecule has 0 amide bonds. The van der Waals surface area contributed by atoms with Gasteiger partial charge in [0.1, 0.15) is 5.82 Å². The zero-order valence-corrected chi connectivity index (χ0v) is 12.5. The number of halogens is 1. The molecule has 0 saturated heterocycles. The Bertz CT molecular complexity index is 550. The van der Waals surface area contributed by atoms with E-state index in [2.05, 4.69) is 0 Å². The monoisotopic (exact) mass is 307 g/mol. The molecule has 0 aromatic heterocycles. The summed E-state index contributed by atoms with van der Waals surface area (Å²) >= 11 is 0. The Hall–Kier alpha value is -2.42. The first-order valence-electron chi connectivity index (χ1n) is 7.00. The van der Waals surface area contributed by atoms with Crippen LogP contribution >= 0.6 is 0 Å². The van der Waals surface area contributed by atoms with Gasteiger partial charge in [-0.1, -0.05) is 12.1 Å². The van der Waals surface area contributed by atoms with Crippen molar-refractivity contribution < 1.29 is 23.5 Å². The summed E-state index contributed by atoms with van der Waals surface area (Å²) in [5.41, 5.74) is 0.508. The maximum absolute atomic E-state index is 13.0. The molecule has 1 aromatic rings. The van der Waals surface area contributed by atoms with Gasteiger partial charge < -0.3 is 9.47 Å². The molecule has 0 unspecified atom stereocenters. The van der Waals surface area contributed by atoms with Gasteiger partial charge in [-0.25, -0.2) is 4.39 Å². The average Bonchev–Trinajstić information content (AvgIpc) is 2.48. The molecule has 1 rings (SSSR count). The zero-order chi connectivity index (χ0) is 16.5. The smallest absolute Gasteiger partial charge is 0.323 e. The summed E-state index contributed by atoms with van der Waals surface area (Å²) in [4.78, 5) is 23.7. The van der Waals surface area contributed by atoms with Gasteiger partial charge in [0.25, 0.3) is 0 Å². The summed E-state index contributed by atoms with van der Waals surface area (Å²) in [5.74, 6) is -3.58. The van der Waals surface area contributed by atoms with E-state index < -0.39 is 29.6 Å². The van der Waals surface area contributed by atoms with Crippen LogP contribution < -0.4 is 0 Å². The van der Waals surface area contributed by atoms with E-state index in [1.165, 1.54) is 24.3 Å². The van der Waals surface area contributed by atoms with Crippen LogP contribution in [-0.4, -0.2) is 25.2 Å². The van der Waals surface area contributed by atoms with Gasteiger partial charge in [0.05, 0.1) is 25.7 Å². The third kappa shape index (κ3) is 4.85. The Labute approximate surface area is 128 Å². The van der Waals surface area contributed by atoms with Crippen molar-refractivity contribution in [2.45, 2.75) is 26.2 Å². The lowest BCUT2D eigenvalue weighted by atomic mass is 9.84. The summed E-state index contributed by atoms with van der Waals surface area (Å²) in [6, 6.07) is 7.20. The van der Waals surface area contributed by atoms with Gasteiger partial charge >= 0.3 is 11.9 Å². The average molecular weight is 307 g/mol. The SMILES string of the molecule is CCOC(=O)C[C@@H](c1ccc(F)cc1)[C@H](C#N)C(=O)OCC. The van der Waals surface area contributed by atoms with Gasteiger partial charge in [0, 0.05) is 5.92 Å². The van der Waals surface area contributed by atoms with Crippen molar-refractivity contribution in [3.63, 3.8) is 0 Å². The topological polar surface area (TPSA) is 76.4 Å². The summed E-state index contributed by atoms with van der Waals surface area (Å²) < 4.78 is 22.8. The number of carbonyl (C=O) groups excluding carboxylic acids is 2. The number of hydrogen-bond acceptors (Lipinski definition) is 5. The molecule has 0 radical (unpaired) electrons. The van der Waals surface area contributed by atoms with Crippen molar-refractivity contribution >= 4 is 11.9 Å². The molecule has 0 bridgehead atoms. The van der Waals surface area contributed by atoms with Crippen LogP contribution in [0.3, 0.4) is 0 Å². The summed E-state index contributed by atoms with van der Waals surface area (Å²) in [5, 5.41) is 9.28. The van der Waals surface area contributed by atoms with Gasteiger partial charge in [-0.05, 0) is 31.5 Å². The molecule has 22 heavy (non-hydrogen) atoms. The molecule has 0 aliphatic rings. The number of nitrogens with zero attached hydrogens (tertiary/aromatic N) is 1. The summed E-state index contributed by atoms with van der Waals surface area (Å²) in [7, 11) is 0. The van der Waals surface area contributed by atoms with Crippen molar-refractivity contribution in [3.8, 4) is 6.07 Å². The number of hydrogen-bond donors (Lipinski definition) is 0. The van der Waals surface area contributed by atoms with Crippen LogP contribution in [0.2, 0.25) is 0 Å². The highest BCUT2D eigenvalue weighted by Gasteiger charge is 2.33. The second kappa shape index (κ2) is 8.78. The largest absolute Gasteiger partial charge is 0.466 e. The Morgan fingerprint density at radius 1 is 1.18 bits per heavy atom. The van der Waals surface area contributed by atoms with E-state index in [4.69, 9.17) is 9.47 Å². The predicted octanol–water partition coefficient (Wildman–Crippen LogP) is 2.57. The standard InChI is InChI=1S/C16H18FNO4/c1-3-21-15(19)9-13(11-5-7-12(17)8-6-11)14(10-18)16(20)22-4-2/h5-8,13-14H,3-4,9H2,1-2H3/t13-,14-/m0/s1. The second-order valence-electron chi connectivity index (χ2n) is 4.53. The number of benzene rings is 1. The van der Waals surface area contributed by atoms with Crippen molar-refractivity contribution in [1.29, 1.82) is 5.26 Å². The second-order valence-corrected chi connectivity index (χ2v) is 4.53. The molecular weight excluding hydrogens is 289 g/mol. The molecule has 0 aliphatic carbocycles. The first kappa shape index (κ1) is 17.6. The van der Waals surface area contributed by atoms with Crippen molar-refractivity contribution in [1.82, 2.24) is 0 Å². The number of rotatable bonds is 7. The highest BCUT2D eigenvalue weighted by atomic mass is 19.1. The van der Waals surface area contributed by atoms with Gasteiger partial charge in [-0.3, -0.25) is 9.59 Å². The van der Waals surface area contributed by atoms with E-state index in [1.54, 1.807) is 13.8 Å². The minimum absolute atomic E-state index is 0.132. The Morgan fingerprint density at radius 2 is 1.77 bits per heavy atom. The molecule has 0 saturated carbocycles. The Kier molecular flexibility index (Phi) is 7.03. The van der Waals surface area contributed by atoms with E-state index in [0.717, 1.165) is 0 Å². The number of carbonyl (C=O) groups is 2. The van der Waals surface area contributed by atoms with E-state index in [-0.39, 0.29) is 19.6 Å². The van der Waals surface area contributed by atoms with Gasteiger partial charge in [0.2, 0.25) is 0 Å². The zero-order valence-electron chi connectivity index (χ0n) is 12.5. The lowest BCUT2D eigenvalue weighted by Crippen LogP contribution is -2.26. The molecule has 6 heteroatoms. The van der Waals surface area contributed by atoms with E-state index in [0.29, 0.717) is 5.56 Å². The number of nitriles is 1. The summed E-state index contributed by atoms with van der Waals surface area (Å²) in [6.07, 6.45) is -0.156. The van der Waals surface area contributed by atoms with Crippen LogP contribution in [-0.2, 0) is 19.1 Å². The highest BCUT2D eigenvalue weighted by molar-refractivity contribution is 5.79. The van der Waals surface area contributed by atoms with E-state index >= 15 is 0 Å². The molecule has 0 fully saturated rings. The fourth-order valence-electron chi connectivity index (χ4n) is 2.08. The highest BCUT2D eigenvalue weighted by Crippen LogP contribution is 2.30. The fourth-order valence-corrected chi connectivity index (χ4v) is 2.08. The predicted molar refractivity (Wildman–Crippen MR) is 76.1 cm³/mol. The Balaban J connectivity index is 3.09. The molecule has 1 aromatic carbocycles. The fraction of sp³-hybridized carbons (Fsp3) is 0.438. The first-order valence-corrected chi connectivity index (χ1v) is 7.00. The van der Waals surface area contributed by atoms with Crippen LogP contribution in [0.5, 0.6) is 0 Å². The molecule has 0 heterocycles. The lowest BCUT2D eigenvalue weighted by Gasteiger charge is -2.20. The maximum atomic E-state index is 13.0. The third-order valence-electron chi connectivity index (χ3n) is 3.07. The summed E-state index contributed by atoms with van der Waals surface area (Å²) in [6.45, 7) is 3.63. The Morgan fingerprint density at radius 3 is 2.27 bits per heavy atom. The molecule has 0 N–H and O–H groups in total. The van der Waals surface area contributed by atoms with Gasteiger partial charge in [-0.15, -0.1) is 0 Å². The third-order valence-corrected chi connectivity index (χ3v) is 3.07. The van der Waals surface area contributed by atoms with E-state index in [1.807, 2.05) is 6.07 Å². The first-order chi connectivity index (χ1) is 10.5. The maximum Gasteiger partial charge on any atom is 0.323 e. The van der Waals surface area contributed by atoms with Crippen molar-refractivity contribution in [3.05, 3.63) is 35.6 Å². The van der Waals surface area contributed by atoms with Gasteiger partial charge in [-0.2, -0.15) is 5.26 Å². The van der Waals surface area contributed by atoms with Gasteiger partial charge in [0.15, 0.2) is 5.92 Å². The lowest BCUT2D eigenvalue weighted by molar-refractivity contribution is -0.148. The van der Waals surface area contributed by atoms with Crippen LogP contribution in [0.4, 0.5) is 4.39 Å². The van der Waals surface area contributed by atoms with Crippen LogP contribution in [0.25, 0.3) is 0 Å². The van der Waals surface area contributed by atoms with Crippen LogP contribution in [0, 0.1) is 23.1 Å². The van der Waals surface area contributed by atoms with E-state index in [9.17, 15) is 19.2 Å². The minimum atomic E-state index is -1.16. The molecule has 118 valence electrons. The van der Waals surface area contributed by atoms with Crippen LogP contribution in [0.15, 0.2) is 24.3 Å². The van der Waals surface area contributed by atoms with Crippen LogP contribution in [0.1, 0.15) is 31.7 Å². The van der Waals surface area contributed by atoms with Crippen molar-refractivity contribution in [2.75, 3.05) is 13.2 Å². The number of esters is 2. The minimum Gasteiger partial charge on any atom is -0.466 e. The molecule has 0 aliphatic heterocycles. The van der Waals surface area contributed by atoms with Crippen molar-refractivity contribution in [2.24, 2.45) is 5.92 Å².